The van der Waals surface area contributed by atoms with Gasteiger partial charge in [-0.25, -0.2) is 4.39 Å². The third kappa shape index (κ3) is 6.88. The Morgan fingerprint density at radius 2 is 2.10 bits per heavy atom. The summed E-state index contributed by atoms with van der Waals surface area (Å²) in [6, 6.07) is 3.49. The quantitative estimate of drug-likeness (QED) is 0.676. The van der Waals surface area contributed by atoms with Gasteiger partial charge >= 0.3 is 5.97 Å². The van der Waals surface area contributed by atoms with Gasteiger partial charge in [0.05, 0.1) is 12.2 Å². The first-order chi connectivity index (χ1) is 9.43. The predicted octanol–water partition coefficient (Wildman–Crippen LogP) is 2.79. The minimum Gasteiger partial charge on any atom is -0.480 e. The van der Waals surface area contributed by atoms with Crippen LogP contribution in [-0.4, -0.2) is 29.6 Å². The Morgan fingerprint density at radius 3 is 2.62 bits per heavy atom. The number of hydrogen-bond acceptors (Lipinski definition) is 3. The summed E-state index contributed by atoms with van der Waals surface area (Å²) in [6.07, 6.45) is 1.11. The molecule has 0 fully saturated rings. The van der Waals surface area contributed by atoms with Crippen LogP contribution in [0.2, 0.25) is 0 Å². The van der Waals surface area contributed by atoms with E-state index in [2.05, 4.69) is 26.6 Å². The van der Waals surface area contributed by atoms with Crippen molar-refractivity contribution in [2.75, 3.05) is 11.9 Å². The molecule has 8 heteroatoms. The van der Waals surface area contributed by atoms with Crippen LogP contribution < -0.4 is 10.6 Å². The van der Waals surface area contributed by atoms with Crippen LogP contribution in [0.1, 0.15) is 19.8 Å². The number of carbonyl (C=O) groups excluding carboxylic acids is 1. The van der Waals surface area contributed by atoms with Crippen molar-refractivity contribution in [1.82, 2.24) is 5.32 Å². The van der Waals surface area contributed by atoms with Crippen molar-refractivity contribution in [1.29, 1.82) is 0 Å². The van der Waals surface area contributed by atoms with Gasteiger partial charge in [-0.1, -0.05) is 29.3 Å². The Morgan fingerprint density at radius 1 is 1.43 bits per heavy atom. The molecule has 0 aromatic heterocycles. The second kappa shape index (κ2) is 9.70. The molecule has 1 rings (SSSR count). The van der Waals surface area contributed by atoms with Crippen LogP contribution in [0.3, 0.4) is 0 Å². The Kier molecular flexibility index (Phi) is 9.16. The van der Waals surface area contributed by atoms with Crippen molar-refractivity contribution in [3.8, 4) is 0 Å². The summed E-state index contributed by atoms with van der Waals surface area (Å²) in [7, 11) is 0. The second-order valence-corrected chi connectivity index (χ2v) is 5.15. The molecule has 1 atom stereocenters. The van der Waals surface area contributed by atoms with Gasteiger partial charge in [0.1, 0.15) is 11.9 Å². The zero-order chi connectivity index (χ0) is 15.1. The van der Waals surface area contributed by atoms with E-state index in [1.165, 1.54) is 12.1 Å². The maximum atomic E-state index is 13.5. The summed E-state index contributed by atoms with van der Waals surface area (Å²) in [4.78, 5) is 22.5. The van der Waals surface area contributed by atoms with Gasteiger partial charge in [-0.05, 0) is 24.6 Å². The molecule has 0 bridgehead atoms. The minimum atomic E-state index is -1.01. The van der Waals surface area contributed by atoms with E-state index in [9.17, 15) is 14.0 Å². The molecule has 0 aliphatic rings. The lowest BCUT2D eigenvalue weighted by Crippen LogP contribution is -2.41. The monoisotopic (exact) mass is 382 g/mol. The molecular formula is C13H17BrClFN2O3. The van der Waals surface area contributed by atoms with Crippen LogP contribution in [0.15, 0.2) is 22.7 Å². The standard InChI is InChI=1S/C13H16BrFN2O3.ClH/c1-2-3-11(13(19)20)16-7-12(18)17-10-5-4-8(14)6-9(10)15;/h4-6,11,16H,2-3,7H2,1H3,(H,17,18)(H,19,20);1H. The summed E-state index contributed by atoms with van der Waals surface area (Å²) in [6.45, 7) is 1.67. The molecule has 0 spiro atoms. The first-order valence-corrected chi connectivity index (χ1v) is 6.94. The van der Waals surface area contributed by atoms with Gasteiger partial charge in [-0.15, -0.1) is 12.4 Å². The molecule has 3 N–H and O–H groups in total. The van der Waals surface area contributed by atoms with Crippen LogP contribution >= 0.6 is 28.3 Å². The highest BCUT2D eigenvalue weighted by molar-refractivity contribution is 9.10. The van der Waals surface area contributed by atoms with E-state index in [1.807, 2.05) is 6.92 Å². The molecule has 0 heterocycles. The van der Waals surface area contributed by atoms with Gasteiger partial charge in [0.15, 0.2) is 0 Å². The van der Waals surface area contributed by atoms with Crippen molar-refractivity contribution in [3.63, 3.8) is 0 Å². The fraction of sp³-hybridized carbons (Fsp3) is 0.385. The van der Waals surface area contributed by atoms with Crippen LogP contribution in [0.5, 0.6) is 0 Å². The Balaban J connectivity index is 0.00000400. The Labute approximate surface area is 136 Å². The summed E-state index contributed by atoms with van der Waals surface area (Å²) in [5.41, 5.74) is 0.0577. The van der Waals surface area contributed by atoms with E-state index >= 15 is 0 Å². The molecule has 0 aliphatic carbocycles. The van der Waals surface area contributed by atoms with Gasteiger partial charge in [0.25, 0.3) is 0 Å². The maximum absolute atomic E-state index is 13.5. The number of carboxylic acids is 1. The molecule has 0 saturated heterocycles. The van der Waals surface area contributed by atoms with E-state index in [0.29, 0.717) is 17.3 Å². The van der Waals surface area contributed by atoms with E-state index in [4.69, 9.17) is 5.11 Å². The Hall–Kier alpha value is -1.18. The average Bonchev–Trinajstić information content (AvgIpc) is 2.37. The van der Waals surface area contributed by atoms with Gasteiger partial charge in [-0.2, -0.15) is 0 Å². The number of anilines is 1. The van der Waals surface area contributed by atoms with Gasteiger partial charge < -0.3 is 10.4 Å². The van der Waals surface area contributed by atoms with Gasteiger partial charge in [-0.3, -0.25) is 14.9 Å². The van der Waals surface area contributed by atoms with Crippen molar-refractivity contribution in [2.24, 2.45) is 0 Å². The van der Waals surface area contributed by atoms with E-state index in [0.717, 1.165) is 0 Å². The number of aliphatic carboxylic acids is 1. The normalized spacial score (nSPS) is 11.4. The number of rotatable bonds is 7. The molecule has 0 aliphatic heterocycles. The molecule has 1 aromatic carbocycles. The molecular weight excluding hydrogens is 367 g/mol. The molecule has 1 unspecified atom stereocenters. The molecule has 21 heavy (non-hydrogen) atoms. The summed E-state index contributed by atoms with van der Waals surface area (Å²) in [5, 5.41) is 13.9. The lowest BCUT2D eigenvalue weighted by atomic mass is 10.2. The number of carbonyl (C=O) groups is 2. The first kappa shape index (κ1) is 19.8. The number of nitrogens with one attached hydrogen (secondary N) is 2. The minimum absolute atomic E-state index is 0. The lowest BCUT2D eigenvalue weighted by molar-refractivity contribution is -0.139. The van der Waals surface area contributed by atoms with Crippen molar-refractivity contribution < 1.29 is 19.1 Å². The van der Waals surface area contributed by atoms with Gasteiger partial charge in [0.2, 0.25) is 5.91 Å². The molecule has 118 valence electrons. The maximum Gasteiger partial charge on any atom is 0.320 e. The van der Waals surface area contributed by atoms with E-state index in [1.54, 1.807) is 6.07 Å². The third-order valence-electron chi connectivity index (χ3n) is 2.59. The summed E-state index contributed by atoms with van der Waals surface area (Å²) >= 11 is 3.12. The fourth-order valence-corrected chi connectivity index (χ4v) is 1.94. The zero-order valence-corrected chi connectivity index (χ0v) is 13.8. The van der Waals surface area contributed by atoms with Crippen LogP contribution in [-0.2, 0) is 9.59 Å². The molecule has 5 nitrogen and oxygen atoms in total. The molecule has 1 aromatic rings. The predicted molar refractivity (Wildman–Crippen MR) is 84.3 cm³/mol. The van der Waals surface area contributed by atoms with Crippen LogP contribution in [0, 0.1) is 5.82 Å². The molecule has 1 amide bonds. The summed E-state index contributed by atoms with van der Waals surface area (Å²) < 4.78 is 14.1. The highest BCUT2D eigenvalue weighted by atomic mass is 79.9. The zero-order valence-electron chi connectivity index (χ0n) is 11.4. The largest absolute Gasteiger partial charge is 0.480 e. The van der Waals surface area contributed by atoms with Crippen molar-refractivity contribution >= 4 is 45.9 Å². The highest BCUT2D eigenvalue weighted by Crippen LogP contribution is 2.19. The highest BCUT2D eigenvalue weighted by Gasteiger charge is 2.17. The second-order valence-electron chi connectivity index (χ2n) is 4.23. The van der Waals surface area contributed by atoms with Crippen molar-refractivity contribution in [2.45, 2.75) is 25.8 Å². The van der Waals surface area contributed by atoms with E-state index < -0.39 is 23.7 Å². The third-order valence-corrected chi connectivity index (χ3v) is 3.08. The number of carboxylic acid groups (broad SMARTS) is 1. The average molecular weight is 384 g/mol. The fourth-order valence-electron chi connectivity index (χ4n) is 1.60. The van der Waals surface area contributed by atoms with E-state index in [-0.39, 0.29) is 24.6 Å². The summed E-state index contributed by atoms with van der Waals surface area (Å²) in [5.74, 6) is -2.06. The number of hydrogen-bond donors (Lipinski definition) is 3. The Bertz CT molecular complexity index is 502. The van der Waals surface area contributed by atoms with Crippen molar-refractivity contribution in [3.05, 3.63) is 28.5 Å². The lowest BCUT2D eigenvalue weighted by Gasteiger charge is -2.13. The number of halogens is 3. The number of benzene rings is 1. The first-order valence-electron chi connectivity index (χ1n) is 6.15. The van der Waals surface area contributed by atoms with Gasteiger partial charge in [0, 0.05) is 4.47 Å². The molecule has 0 saturated carbocycles. The topological polar surface area (TPSA) is 78.4 Å². The molecule has 0 radical (unpaired) electrons. The smallest absolute Gasteiger partial charge is 0.320 e. The number of amides is 1. The van der Waals surface area contributed by atoms with Crippen LogP contribution in [0.25, 0.3) is 0 Å². The SMILES string of the molecule is CCCC(NCC(=O)Nc1ccc(Br)cc1F)C(=O)O.Cl. The van der Waals surface area contributed by atoms with Crippen LogP contribution in [0.4, 0.5) is 10.1 Å².